The smallest absolute Gasteiger partial charge is 0.305 e. The zero-order valence-corrected chi connectivity index (χ0v) is 19.9. The molecular formula is C25H36O6. The van der Waals surface area contributed by atoms with Gasteiger partial charge in [-0.15, -0.1) is 0 Å². The maximum atomic E-state index is 13.7. The molecule has 6 nitrogen and oxygen atoms in total. The molecule has 0 aliphatic heterocycles. The van der Waals surface area contributed by atoms with Crippen molar-refractivity contribution in [1.29, 1.82) is 0 Å². The molecule has 4 atom stereocenters. The van der Waals surface area contributed by atoms with Crippen molar-refractivity contribution in [3.63, 3.8) is 0 Å². The minimum absolute atomic E-state index is 0.136. The number of rotatable bonds is 3. The Hall–Kier alpha value is -2.24. The van der Waals surface area contributed by atoms with Gasteiger partial charge in [0.15, 0.2) is 5.60 Å². The van der Waals surface area contributed by atoms with Gasteiger partial charge in [-0.1, -0.05) is 45.4 Å². The highest BCUT2D eigenvalue weighted by atomic mass is 16.6. The minimum atomic E-state index is -1.43. The topological polar surface area (TPSA) is 86.7 Å². The number of hydrogen-bond donors (Lipinski definition) is 0. The average Bonchev–Trinajstić information content (AvgIpc) is 2.93. The summed E-state index contributed by atoms with van der Waals surface area (Å²) in [5, 5.41) is 0. The maximum Gasteiger partial charge on any atom is 0.305 e. The molecule has 0 heterocycles. The third kappa shape index (κ3) is 5.34. The normalized spacial score (nSPS) is 31.5. The molecule has 0 aromatic carbocycles. The highest BCUT2D eigenvalue weighted by molar-refractivity contribution is 6.03. The SMILES string of the molecule is CCC(=O)OC1C(C)CC2(OC(C)=O)C(=O)C(C)=CCC(C)(C)C(=O)CCC(C)=CC12. The number of ketones is 2. The Morgan fingerprint density at radius 1 is 1.16 bits per heavy atom. The molecule has 0 saturated heterocycles. The molecule has 1 saturated carbocycles. The second-order valence-corrected chi connectivity index (χ2v) is 9.74. The van der Waals surface area contributed by atoms with E-state index in [4.69, 9.17) is 9.47 Å². The third-order valence-electron chi connectivity index (χ3n) is 6.59. The molecule has 172 valence electrons. The van der Waals surface area contributed by atoms with Gasteiger partial charge in [-0.25, -0.2) is 0 Å². The molecular weight excluding hydrogens is 396 g/mol. The lowest BCUT2D eigenvalue weighted by molar-refractivity contribution is -0.170. The monoisotopic (exact) mass is 432 g/mol. The van der Waals surface area contributed by atoms with Crippen molar-refractivity contribution in [3.05, 3.63) is 23.3 Å². The fraction of sp³-hybridized carbons (Fsp3) is 0.680. The Kier molecular flexibility index (Phi) is 7.66. The van der Waals surface area contributed by atoms with Crippen LogP contribution in [0.1, 0.15) is 80.6 Å². The van der Waals surface area contributed by atoms with E-state index in [1.165, 1.54) is 6.92 Å². The molecule has 1 fully saturated rings. The third-order valence-corrected chi connectivity index (χ3v) is 6.59. The summed E-state index contributed by atoms with van der Waals surface area (Å²) in [5.74, 6) is -1.84. The maximum absolute atomic E-state index is 13.7. The van der Waals surface area contributed by atoms with Gasteiger partial charge in [0.25, 0.3) is 0 Å². The molecule has 0 spiro atoms. The van der Waals surface area contributed by atoms with Gasteiger partial charge in [-0.2, -0.15) is 0 Å². The zero-order valence-electron chi connectivity index (χ0n) is 19.9. The molecule has 0 bridgehead atoms. The number of carbonyl (C=O) groups excluding carboxylic acids is 4. The first kappa shape index (κ1) is 25.0. The van der Waals surface area contributed by atoms with E-state index in [1.54, 1.807) is 19.9 Å². The van der Waals surface area contributed by atoms with Crippen molar-refractivity contribution in [2.24, 2.45) is 17.3 Å². The Morgan fingerprint density at radius 3 is 2.39 bits per heavy atom. The standard InChI is InChI=1S/C25H36O6/c1-8-21(28)30-22-17(4)14-25(31-18(5)26)19(22)13-15(2)9-10-20(27)24(6,7)12-11-16(3)23(25)29/h11,13,17,19,22H,8-10,12,14H2,1-7H3. The molecule has 0 aromatic rings. The molecule has 2 aliphatic rings. The van der Waals surface area contributed by atoms with Gasteiger partial charge in [-0.3, -0.25) is 19.2 Å². The number of esters is 2. The van der Waals surface area contributed by atoms with Gasteiger partial charge in [0.1, 0.15) is 11.9 Å². The van der Waals surface area contributed by atoms with Crippen molar-refractivity contribution < 1.29 is 28.7 Å². The van der Waals surface area contributed by atoms with E-state index in [9.17, 15) is 19.2 Å². The van der Waals surface area contributed by atoms with Gasteiger partial charge in [0.05, 0.1) is 5.92 Å². The van der Waals surface area contributed by atoms with Gasteiger partial charge >= 0.3 is 11.9 Å². The van der Waals surface area contributed by atoms with Crippen LogP contribution in [-0.4, -0.2) is 35.2 Å². The molecule has 31 heavy (non-hydrogen) atoms. The van der Waals surface area contributed by atoms with E-state index in [0.29, 0.717) is 24.8 Å². The Balaban J connectivity index is 2.66. The fourth-order valence-corrected chi connectivity index (χ4v) is 4.65. The van der Waals surface area contributed by atoms with Gasteiger partial charge in [-0.05, 0) is 38.2 Å². The van der Waals surface area contributed by atoms with Crippen LogP contribution >= 0.6 is 0 Å². The Morgan fingerprint density at radius 2 is 1.81 bits per heavy atom. The Labute approximate surface area is 185 Å². The summed E-state index contributed by atoms with van der Waals surface area (Å²) in [7, 11) is 0. The van der Waals surface area contributed by atoms with Crippen LogP contribution in [0.2, 0.25) is 0 Å². The van der Waals surface area contributed by atoms with Crippen molar-refractivity contribution in [2.45, 2.75) is 92.3 Å². The van der Waals surface area contributed by atoms with Crippen LogP contribution in [0.25, 0.3) is 0 Å². The number of ether oxygens (including phenoxy) is 2. The first-order valence-electron chi connectivity index (χ1n) is 11.1. The highest BCUT2D eigenvalue weighted by Gasteiger charge is 2.60. The molecule has 2 rings (SSSR count). The second-order valence-electron chi connectivity index (χ2n) is 9.74. The molecule has 0 radical (unpaired) electrons. The summed E-state index contributed by atoms with van der Waals surface area (Å²) in [5.41, 5.74) is -0.656. The van der Waals surface area contributed by atoms with E-state index >= 15 is 0 Å². The van der Waals surface area contributed by atoms with Gasteiger partial charge < -0.3 is 9.47 Å². The van der Waals surface area contributed by atoms with Gasteiger partial charge in [0, 0.05) is 31.6 Å². The average molecular weight is 433 g/mol. The molecule has 4 unspecified atom stereocenters. The number of hydrogen-bond acceptors (Lipinski definition) is 6. The van der Waals surface area contributed by atoms with Crippen LogP contribution in [0.3, 0.4) is 0 Å². The second kappa shape index (κ2) is 9.49. The van der Waals surface area contributed by atoms with Crippen LogP contribution < -0.4 is 0 Å². The van der Waals surface area contributed by atoms with E-state index in [-0.39, 0.29) is 36.3 Å². The van der Waals surface area contributed by atoms with Crippen molar-refractivity contribution >= 4 is 23.5 Å². The van der Waals surface area contributed by atoms with Crippen molar-refractivity contribution in [2.75, 3.05) is 0 Å². The number of fused-ring (bicyclic) bond motifs is 1. The largest absolute Gasteiger partial charge is 0.461 e. The summed E-state index contributed by atoms with van der Waals surface area (Å²) in [4.78, 5) is 50.8. The van der Waals surface area contributed by atoms with E-state index in [2.05, 4.69) is 0 Å². The fourth-order valence-electron chi connectivity index (χ4n) is 4.65. The highest BCUT2D eigenvalue weighted by Crippen LogP contribution is 2.48. The number of carbonyl (C=O) groups is 4. The lowest BCUT2D eigenvalue weighted by atomic mass is 9.77. The molecule has 0 amide bonds. The van der Waals surface area contributed by atoms with Crippen LogP contribution in [0.15, 0.2) is 23.3 Å². The predicted molar refractivity (Wildman–Crippen MR) is 117 cm³/mol. The van der Waals surface area contributed by atoms with E-state index in [1.807, 2.05) is 33.8 Å². The number of allylic oxidation sites excluding steroid dienone is 2. The van der Waals surface area contributed by atoms with Gasteiger partial charge in [0.2, 0.25) is 5.78 Å². The summed E-state index contributed by atoms with van der Waals surface area (Å²) in [6, 6.07) is 0. The van der Waals surface area contributed by atoms with Crippen LogP contribution in [0, 0.1) is 17.3 Å². The van der Waals surface area contributed by atoms with E-state index in [0.717, 1.165) is 5.57 Å². The van der Waals surface area contributed by atoms with Crippen LogP contribution in [0.4, 0.5) is 0 Å². The lowest BCUT2D eigenvalue weighted by Gasteiger charge is -2.34. The molecule has 2 aliphatic carbocycles. The van der Waals surface area contributed by atoms with Crippen molar-refractivity contribution in [1.82, 2.24) is 0 Å². The van der Waals surface area contributed by atoms with Crippen LogP contribution in [-0.2, 0) is 28.7 Å². The lowest BCUT2D eigenvalue weighted by Crippen LogP contribution is -2.48. The summed E-state index contributed by atoms with van der Waals surface area (Å²) in [6.45, 7) is 12.3. The first-order valence-corrected chi connectivity index (χ1v) is 11.1. The summed E-state index contributed by atoms with van der Waals surface area (Å²) >= 11 is 0. The quantitative estimate of drug-likeness (QED) is 0.482. The zero-order chi connectivity index (χ0) is 23.6. The molecule has 0 N–H and O–H groups in total. The van der Waals surface area contributed by atoms with Crippen molar-refractivity contribution in [3.8, 4) is 0 Å². The van der Waals surface area contributed by atoms with Crippen LogP contribution in [0.5, 0.6) is 0 Å². The van der Waals surface area contributed by atoms with E-state index < -0.39 is 29.0 Å². The molecule has 0 aromatic heterocycles. The minimum Gasteiger partial charge on any atom is -0.461 e. The molecule has 6 heteroatoms. The predicted octanol–water partition coefficient (Wildman–Crippen LogP) is 4.51. The Bertz CT molecular complexity index is 818. The summed E-state index contributed by atoms with van der Waals surface area (Å²) in [6.07, 6.45) is 4.91. The summed E-state index contributed by atoms with van der Waals surface area (Å²) < 4.78 is 11.5. The number of Topliss-reactive ketones (excluding diaryl/α,β-unsaturated/α-hetero) is 2. The first-order chi connectivity index (χ1) is 14.3.